The van der Waals surface area contributed by atoms with Crippen LogP contribution in [0, 0.1) is 0 Å². The minimum atomic E-state index is 0.0485. The lowest BCUT2D eigenvalue weighted by Crippen LogP contribution is -2.35. The number of aryl methyl sites for hydroxylation is 1. The molecule has 1 aliphatic heterocycles. The van der Waals surface area contributed by atoms with Gasteiger partial charge in [-0.2, -0.15) is 0 Å². The Morgan fingerprint density at radius 2 is 1.72 bits per heavy atom. The highest BCUT2D eigenvalue weighted by atomic mass is 32.2. The molecule has 1 aliphatic rings. The van der Waals surface area contributed by atoms with Crippen LogP contribution in [0.1, 0.15) is 54.6 Å². The molecule has 3 nitrogen and oxygen atoms in total. The highest BCUT2D eigenvalue weighted by molar-refractivity contribution is 7.99. The SMILES string of the molecule is CCCC1=Nc2cc(C(=O)N(C)C(C)CCc3ccccc3)ccc2Sc2ccccc21. The average Bonchev–Trinajstić information content (AvgIpc) is 2.98. The van der Waals surface area contributed by atoms with Crippen LogP contribution in [0.3, 0.4) is 0 Å². The number of benzene rings is 3. The van der Waals surface area contributed by atoms with Crippen molar-refractivity contribution in [1.82, 2.24) is 4.90 Å². The van der Waals surface area contributed by atoms with Gasteiger partial charge in [-0.3, -0.25) is 9.79 Å². The molecule has 0 saturated carbocycles. The highest BCUT2D eigenvalue weighted by Gasteiger charge is 2.21. The van der Waals surface area contributed by atoms with Crippen molar-refractivity contribution in [2.75, 3.05) is 7.05 Å². The first-order chi connectivity index (χ1) is 15.6. The third kappa shape index (κ3) is 4.97. The minimum absolute atomic E-state index is 0.0485. The lowest BCUT2D eigenvalue weighted by molar-refractivity contribution is 0.0737. The minimum Gasteiger partial charge on any atom is -0.339 e. The van der Waals surface area contributed by atoms with Gasteiger partial charge in [0.05, 0.1) is 5.69 Å². The maximum absolute atomic E-state index is 13.3. The van der Waals surface area contributed by atoms with Crippen molar-refractivity contribution in [3.63, 3.8) is 0 Å². The van der Waals surface area contributed by atoms with Gasteiger partial charge in [-0.25, -0.2) is 0 Å². The Balaban J connectivity index is 1.54. The highest BCUT2D eigenvalue weighted by Crippen LogP contribution is 2.41. The Labute approximate surface area is 195 Å². The summed E-state index contributed by atoms with van der Waals surface area (Å²) in [6.45, 7) is 4.30. The van der Waals surface area contributed by atoms with Gasteiger partial charge in [-0.05, 0) is 56.0 Å². The molecule has 164 valence electrons. The molecule has 0 bridgehead atoms. The molecule has 4 rings (SSSR count). The van der Waals surface area contributed by atoms with E-state index in [4.69, 9.17) is 4.99 Å². The molecule has 0 radical (unpaired) electrons. The molecule has 0 fully saturated rings. The number of fused-ring (bicyclic) bond motifs is 2. The Morgan fingerprint density at radius 1 is 0.969 bits per heavy atom. The number of hydrogen-bond acceptors (Lipinski definition) is 3. The van der Waals surface area contributed by atoms with Gasteiger partial charge in [0.2, 0.25) is 0 Å². The fraction of sp³-hybridized carbons (Fsp3) is 0.286. The molecule has 1 amide bonds. The van der Waals surface area contributed by atoms with Crippen molar-refractivity contribution in [3.8, 4) is 0 Å². The van der Waals surface area contributed by atoms with E-state index < -0.39 is 0 Å². The van der Waals surface area contributed by atoms with Gasteiger partial charge < -0.3 is 4.90 Å². The van der Waals surface area contributed by atoms with Crippen molar-refractivity contribution in [2.24, 2.45) is 4.99 Å². The molecule has 32 heavy (non-hydrogen) atoms. The van der Waals surface area contributed by atoms with E-state index in [0.717, 1.165) is 42.0 Å². The number of carbonyl (C=O) groups excluding carboxylic acids is 1. The van der Waals surface area contributed by atoms with E-state index in [9.17, 15) is 4.79 Å². The molecular formula is C28H30N2OS. The molecule has 0 spiro atoms. The monoisotopic (exact) mass is 442 g/mol. The van der Waals surface area contributed by atoms with E-state index in [-0.39, 0.29) is 11.9 Å². The van der Waals surface area contributed by atoms with E-state index in [2.05, 4.69) is 62.4 Å². The van der Waals surface area contributed by atoms with E-state index in [1.807, 2.05) is 36.2 Å². The fourth-order valence-electron chi connectivity index (χ4n) is 3.99. The van der Waals surface area contributed by atoms with Crippen molar-refractivity contribution < 1.29 is 4.79 Å². The van der Waals surface area contributed by atoms with Crippen LogP contribution in [0.2, 0.25) is 0 Å². The number of hydrogen-bond donors (Lipinski definition) is 0. The summed E-state index contributed by atoms with van der Waals surface area (Å²) >= 11 is 1.73. The van der Waals surface area contributed by atoms with Crippen LogP contribution in [0.5, 0.6) is 0 Å². The van der Waals surface area contributed by atoms with Crippen molar-refractivity contribution in [3.05, 3.63) is 89.5 Å². The first-order valence-electron chi connectivity index (χ1n) is 11.4. The Kier molecular flexibility index (Phi) is 7.11. The van der Waals surface area contributed by atoms with E-state index in [0.29, 0.717) is 5.56 Å². The summed E-state index contributed by atoms with van der Waals surface area (Å²) < 4.78 is 0. The summed E-state index contributed by atoms with van der Waals surface area (Å²) in [6, 6.07) is 25.0. The van der Waals surface area contributed by atoms with Crippen LogP contribution < -0.4 is 0 Å². The van der Waals surface area contributed by atoms with Gasteiger partial charge in [0.25, 0.3) is 5.91 Å². The summed E-state index contributed by atoms with van der Waals surface area (Å²) in [5.74, 6) is 0.0485. The summed E-state index contributed by atoms with van der Waals surface area (Å²) in [4.78, 5) is 22.5. The van der Waals surface area contributed by atoms with Crippen LogP contribution in [-0.4, -0.2) is 29.6 Å². The summed E-state index contributed by atoms with van der Waals surface area (Å²) in [7, 11) is 1.90. The van der Waals surface area contributed by atoms with Crippen molar-refractivity contribution in [2.45, 2.75) is 55.4 Å². The molecule has 1 unspecified atom stereocenters. The second kappa shape index (κ2) is 10.2. The van der Waals surface area contributed by atoms with Crippen molar-refractivity contribution >= 4 is 29.1 Å². The van der Waals surface area contributed by atoms with Crippen LogP contribution in [-0.2, 0) is 6.42 Å². The second-order valence-corrected chi connectivity index (χ2v) is 9.46. The van der Waals surface area contributed by atoms with Crippen molar-refractivity contribution in [1.29, 1.82) is 0 Å². The fourth-order valence-corrected chi connectivity index (χ4v) is 5.01. The van der Waals surface area contributed by atoms with E-state index >= 15 is 0 Å². The summed E-state index contributed by atoms with van der Waals surface area (Å²) in [5, 5.41) is 0. The van der Waals surface area contributed by atoms with Gasteiger partial charge in [0, 0.05) is 39.7 Å². The van der Waals surface area contributed by atoms with Crippen LogP contribution in [0.4, 0.5) is 5.69 Å². The molecule has 1 atom stereocenters. The van der Waals surface area contributed by atoms with Crippen LogP contribution in [0.25, 0.3) is 0 Å². The molecule has 3 aromatic carbocycles. The third-order valence-electron chi connectivity index (χ3n) is 6.04. The zero-order chi connectivity index (χ0) is 22.5. The predicted molar refractivity (Wildman–Crippen MR) is 134 cm³/mol. The number of aliphatic imine (C=N–C) groups is 1. The first-order valence-corrected chi connectivity index (χ1v) is 12.2. The largest absolute Gasteiger partial charge is 0.339 e. The first kappa shape index (κ1) is 22.3. The third-order valence-corrected chi connectivity index (χ3v) is 7.18. The molecular weight excluding hydrogens is 412 g/mol. The van der Waals surface area contributed by atoms with Gasteiger partial charge in [0.15, 0.2) is 0 Å². The quantitative estimate of drug-likeness (QED) is 0.389. The Bertz CT molecular complexity index is 1120. The average molecular weight is 443 g/mol. The van der Waals surface area contributed by atoms with E-state index in [1.54, 1.807) is 11.8 Å². The van der Waals surface area contributed by atoms with Gasteiger partial charge >= 0.3 is 0 Å². The van der Waals surface area contributed by atoms with Crippen LogP contribution >= 0.6 is 11.8 Å². The summed E-state index contributed by atoms with van der Waals surface area (Å²) in [6.07, 6.45) is 3.85. The van der Waals surface area contributed by atoms with E-state index in [1.165, 1.54) is 16.0 Å². The maximum atomic E-state index is 13.3. The number of nitrogens with zero attached hydrogens (tertiary/aromatic N) is 2. The predicted octanol–water partition coefficient (Wildman–Crippen LogP) is 7.17. The van der Waals surface area contributed by atoms with Gasteiger partial charge in [-0.15, -0.1) is 0 Å². The Hall–Kier alpha value is -2.85. The maximum Gasteiger partial charge on any atom is 0.253 e. The normalized spacial score (nSPS) is 13.4. The number of carbonyl (C=O) groups is 1. The topological polar surface area (TPSA) is 32.7 Å². The molecule has 0 aliphatic carbocycles. The van der Waals surface area contributed by atoms with Gasteiger partial charge in [0.1, 0.15) is 0 Å². The molecule has 0 N–H and O–H groups in total. The number of amides is 1. The molecule has 0 saturated heterocycles. The molecule has 4 heteroatoms. The Morgan fingerprint density at radius 3 is 2.50 bits per heavy atom. The molecule has 3 aromatic rings. The standard InChI is InChI=1S/C28H30N2OS/c1-4-10-24-23-13-8-9-14-26(23)32-27-18-17-22(19-25(27)29-24)28(31)30(3)20(2)15-16-21-11-6-5-7-12-21/h5-9,11-14,17-20H,4,10,15-16H2,1-3H3. The lowest BCUT2D eigenvalue weighted by Gasteiger charge is -2.25. The molecule has 1 heterocycles. The van der Waals surface area contributed by atoms with Gasteiger partial charge in [-0.1, -0.05) is 73.6 Å². The summed E-state index contributed by atoms with van der Waals surface area (Å²) in [5.41, 5.74) is 5.20. The lowest BCUT2D eigenvalue weighted by atomic mass is 10.0. The van der Waals surface area contributed by atoms with Crippen LogP contribution in [0.15, 0.2) is 87.6 Å². The zero-order valence-electron chi connectivity index (χ0n) is 19.0. The number of rotatable bonds is 7. The zero-order valence-corrected chi connectivity index (χ0v) is 19.9. The second-order valence-electron chi connectivity index (χ2n) is 8.38. The smallest absolute Gasteiger partial charge is 0.253 e. The molecule has 0 aromatic heterocycles.